The fourth-order valence-electron chi connectivity index (χ4n) is 2.97. The van der Waals surface area contributed by atoms with E-state index in [4.69, 9.17) is 11.1 Å². The molecule has 2 aromatic carbocycles. The number of halogens is 1. The van der Waals surface area contributed by atoms with Crippen molar-refractivity contribution in [2.45, 2.75) is 12.8 Å². The van der Waals surface area contributed by atoms with Crippen LogP contribution in [0.5, 0.6) is 5.75 Å². The topological polar surface area (TPSA) is 97.7 Å². The number of nitrogens with one attached hydrogen (secondary N) is 2. The van der Waals surface area contributed by atoms with Crippen LogP contribution in [0.4, 0.5) is 10.1 Å². The molecule has 1 aliphatic heterocycles. The van der Waals surface area contributed by atoms with E-state index in [9.17, 15) is 9.50 Å². The molecule has 0 unspecified atom stereocenters. The molecule has 3 rings (SSSR count). The van der Waals surface area contributed by atoms with E-state index in [0.717, 1.165) is 18.7 Å². The Hall–Kier alpha value is -3.35. The van der Waals surface area contributed by atoms with E-state index >= 15 is 0 Å². The fourth-order valence-corrected chi connectivity index (χ4v) is 2.97. The number of phenolic OH excluding ortho intramolecular Hbond substituents is 1. The quantitative estimate of drug-likeness (QED) is 0.282. The first-order valence-corrected chi connectivity index (χ1v) is 8.71. The molecule has 6 nitrogen and oxygen atoms in total. The summed E-state index contributed by atoms with van der Waals surface area (Å²) >= 11 is 0. The molecule has 1 fully saturated rings. The molecule has 1 heterocycles. The van der Waals surface area contributed by atoms with Crippen LogP contribution >= 0.6 is 0 Å². The molecule has 1 aliphatic rings. The van der Waals surface area contributed by atoms with E-state index in [2.05, 4.69) is 27.6 Å². The maximum atomic E-state index is 13.9. The monoisotopic (exact) mass is 367 g/mol. The van der Waals surface area contributed by atoms with Crippen LogP contribution in [0.2, 0.25) is 0 Å². The van der Waals surface area contributed by atoms with Gasteiger partial charge in [0.1, 0.15) is 0 Å². The molecular weight excluding hydrogens is 345 g/mol. The smallest absolute Gasteiger partial charge is 0.206 e. The van der Waals surface area contributed by atoms with Gasteiger partial charge in [-0.1, -0.05) is 24.3 Å². The van der Waals surface area contributed by atoms with Gasteiger partial charge in [0.15, 0.2) is 11.6 Å². The summed E-state index contributed by atoms with van der Waals surface area (Å²) < 4.78 is 13.9. The van der Waals surface area contributed by atoms with Crippen molar-refractivity contribution in [1.82, 2.24) is 5.43 Å². The van der Waals surface area contributed by atoms with Crippen LogP contribution in [-0.4, -0.2) is 30.4 Å². The van der Waals surface area contributed by atoms with E-state index in [-0.39, 0.29) is 11.5 Å². The molecule has 0 bridgehead atoms. The van der Waals surface area contributed by atoms with Crippen LogP contribution in [-0.2, 0) is 0 Å². The van der Waals surface area contributed by atoms with Gasteiger partial charge in [0.25, 0.3) is 0 Å². The van der Waals surface area contributed by atoms with Crippen LogP contribution in [0.3, 0.4) is 0 Å². The predicted molar refractivity (Wildman–Crippen MR) is 108 cm³/mol. The lowest BCUT2D eigenvalue weighted by Gasteiger charge is -2.17. The van der Waals surface area contributed by atoms with Crippen LogP contribution in [0.1, 0.15) is 29.5 Å². The molecule has 27 heavy (non-hydrogen) atoms. The van der Waals surface area contributed by atoms with E-state index in [0.29, 0.717) is 5.56 Å². The normalized spacial score (nSPS) is 14.3. The van der Waals surface area contributed by atoms with Crippen molar-refractivity contribution in [1.29, 1.82) is 5.41 Å². The van der Waals surface area contributed by atoms with Gasteiger partial charge in [-0.25, -0.2) is 9.82 Å². The highest BCUT2D eigenvalue weighted by molar-refractivity contribution is 5.86. The van der Waals surface area contributed by atoms with Crippen molar-refractivity contribution in [3.05, 3.63) is 58.9 Å². The minimum Gasteiger partial charge on any atom is -0.504 e. The third-order valence-electron chi connectivity index (χ3n) is 4.34. The third-order valence-corrected chi connectivity index (χ3v) is 4.34. The number of guanidine groups is 1. The first-order chi connectivity index (χ1) is 13.0. The van der Waals surface area contributed by atoms with Gasteiger partial charge in [-0.05, 0) is 48.2 Å². The average Bonchev–Trinajstić information content (AvgIpc) is 3.18. The van der Waals surface area contributed by atoms with E-state index in [1.165, 1.54) is 30.8 Å². The van der Waals surface area contributed by atoms with Crippen molar-refractivity contribution in [2.24, 2.45) is 10.8 Å². The zero-order chi connectivity index (χ0) is 19.2. The van der Waals surface area contributed by atoms with Crippen molar-refractivity contribution < 1.29 is 9.50 Å². The van der Waals surface area contributed by atoms with Crippen molar-refractivity contribution in [3.8, 4) is 5.75 Å². The molecule has 0 atom stereocenters. The van der Waals surface area contributed by atoms with E-state index in [1.807, 2.05) is 18.2 Å². The Kier molecular flexibility index (Phi) is 5.71. The van der Waals surface area contributed by atoms with E-state index < -0.39 is 11.6 Å². The van der Waals surface area contributed by atoms with Gasteiger partial charge in [-0.3, -0.25) is 5.41 Å². The molecule has 0 aliphatic carbocycles. The second kappa shape index (κ2) is 8.35. The van der Waals surface area contributed by atoms with Crippen molar-refractivity contribution in [2.75, 3.05) is 18.0 Å². The van der Waals surface area contributed by atoms with Gasteiger partial charge >= 0.3 is 0 Å². The number of nitrogens with zero attached hydrogens (tertiary/aromatic N) is 2. The standard InChI is InChI=1S/C20H22FN5O/c21-18-12-15(11-16(19(18)27)13-24-25-20(22)23)4-3-14-5-7-17(8-6-14)26-9-1-2-10-26/h3-8,11-13,27H,1-2,9-10H2,(H4,22,23,25)/b4-3+,24-13+. The number of hydrogen-bond acceptors (Lipinski definition) is 4. The summed E-state index contributed by atoms with van der Waals surface area (Å²) in [5.74, 6) is -1.60. The number of benzene rings is 2. The summed E-state index contributed by atoms with van der Waals surface area (Å²) in [6.45, 7) is 2.20. The number of hydrazone groups is 1. The predicted octanol–water partition coefficient (Wildman–Crippen LogP) is 3.12. The van der Waals surface area contributed by atoms with Crippen LogP contribution in [0.15, 0.2) is 41.5 Å². The highest BCUT2D eigenvalue weighted by atomic mass is 19.1. The number of phenols is 1. The molecule has 7 heteroatoms. The third kappa shape index (κ3) is 4.84. The molecular formula is C20H22FN5O. The Morgan fingerprint density at radius 3 is 2.48 bits per heavy atom. The van der Waals surface area contributed by atoms with Gasteiger partial charge in [0, 0.05) is 24.3 Å². The Morgan fingerprint density at radius 1 is 1.15 bits per heavy atom. The summed E-state index contributed by atoms with van der Waals surface area (Å²) in [7, 11) is 0. The first kappa shape index (κ1) is 18.4. The number of rotatable bonds is 5. The summed E-state index contributed by atoms with van der Waals surface area (Å²) in [6, 6.07) is 11.1. The molecule has 1 saturated heterocycles. The summed E-state index contributed by atoms with van der Waals surface area (Å²) in [5, 5.41) is 20.5. The van der Waals surface area contributed by atoms with Crippen molar-refractivity contribution >= 4 is 30.0 Å². The van der Waals surface area contributed by atoms with Gasteiger partial charge < -0.3 is 15.7 Å². The minimum absolute atomic E-state index is 0.188. The number of nitrogens with two attached hydrogens (primary N) is 1. The van der Waals surface area contributed by atoms with E-state index in [1.54, 1.807) is 12.1 Å². The second-order valence-electron chi connectivity index (χ2n) is 6.34. The van der Waals surface area contributed by atoms with Crippen LogP contribution < -0.4 is 16.1 Å². The number of anilines is 1. The summed E-state index contributed by atoms with van der Waals surface area (Å²) in [5.41, 5.74) is 10.3. The largest absolute Gasteiger partial charge is 0.504 e. The summed E-state index contributed by atoms with van der Waals surface area (Å²) in [6.07, 6.45) is 7.34. The second-order valence-corrected chi connectivity index (χ2v) is 6.34. The molecule has 0 aromatic heterocycles. The average molecular weight is 367 g/mol. The zero-order valence-electron chi connectivity index (χ0n) is 14.8. The Morgan fingerprint density at radius 2 is 1.81 bits per heavy atom. The minimum atomic E-state index is -0.745. The van der Waals surface area contributed by atoms with Crippen LogP contribution in [0, 0.1) is 11.2 Å². The highest BCUT2D eigenvalue weighted by Crippen LogP contribution is 2.24. The molecule has 2 aromatic rings. The molecule has 5 N–H and O–H groups in total. The van der Waals surface area contributed by atoms with Gasteiger partial charge in [0.2, 0.25) is 5.96 Å². The van der Waals surface area contributed by atoms with Gasteiger partial charge in [-0.15, -0.1) is 0 Å². The number of aromatic hydroxyl groups is 1. The Labute approximate surface area is 157 Å². The lowest BCUT2D eigenvalue weighted by Crippen LogP contribution is -2.25. The number of hydrogen-bond donors (Lipinski definition) is 4. The highest BCUT2D eigenvalue weighted by Gasteiger charge is 2.11. The lowest BCUT2D eigenvalue weighted by molar-refractivity contribution is 0.431. The Bertz CT molecular complexity index is 871. The zero-order valence-corrected chi connectivity index (χ0v) is 14.8. The van der Waals surface area contributed by atoms with Gasteiger partial charge in [-0.2, -0.15) is 5.10 Å². The first-order valence-electron chi connectivity index (χ1n) is 8.71. The fraction of sp³-hybridized carbons (Fsp3) is 0.200. The maximum absolute atomic E-state index is 13.9. The molecule has 0 amide bonds. The van der Waals surface area contributed by atoms with Crippen molar-refractivity contribution in [3.63, 3.8) is 0 Å². The SMILES string of the molecule is N=C(N)N/N=C/c1cc(/C=C/c2ccc(N3CCCC3)cc2)cc(F)c1O. The molecule has 0 spiro atoms. The molecule has 0 saturated carbocycles. The van der Waals surface area contributed by atoms with Gasteiger partial charge in [0.05, 0.1) is 6.21 Å². The molecule has 0 radical (unpaired) electrons. The maximum Gasteiger partial charge on any atom is 0.206 e. The Balaban J connectivity index is 1.75. The summed E-state index contributed by atoms with van der Waals surface area (Å²) in [4.78, 5) is 2.36. The molecule has 140 valence electrons. The van der Waals surface area contributed by atoms with Crippen LogP contribution in [0.25, 0.3) is 12.2 Å². The lowest BCUT2D eigenvalue weighted by atomic mass is 10.1.